The summed E-state index contributed by atoms with van der Waals surface area (Å²) in [7, 11) is 1.72. The summed E-state index contributed by atoms with van der Waals surface area (Å²) in [6.07, 6.45) is 0.832. The molecule has 0 saturated carbocycles. The number of aryl methyl sites for hydroxylation is 1. The van der Waals surface area contributed by atoms with Crippen molar-refractivity contribution in [2.45, 2.75) is 12.8 Å². The van der Waals surface area contributed by atoms with Gasteiger partial charge >= 0.3 is 0 Å². The lowest BCUT2D eigenvalue weighted by atomic mass is 10.2. The monoisotopic (exact) mass is 376 g/mol. The molecule has 28 heavy (non-hydrogen) atoms. The quantitative estimate of drug-likeness (QED) is 0.701. The summed E-state index contributed by atoms with van der Waals surface area (Å²) in [5, 5.41) is 0.608. The first-order chi connectivity index (χ1) is 13.6. The molecule has 2 heterocycles. The van der Waals surface area contributed by atoms with Gasteiger partial charge in [0.2, 0.25) is 5.91 Å². The van der Waals surface area contributed by atoms with Gasteiger partial charge in [-0.3, -0.25) is 14.2 Å². The maximum atomic E-state index is 12.7. The molecule has 0 spiro atoms. The molecule has 1 saturated heterocycles. The number of carbonyl (C=O) groups is 1. The number of anilines is 1. The Morgan fingerprint density at radius 1 is 0.964 bits per heavy atom. The number of nitrogens with zero attached hydrogens (tertiary/aromatic N) is 4. The highest BCUT2D eigenvalue weighted by Crippen LogP contribution is 2.16. The predicted octanol–water partition coefficient (Wildman–Crippen LogP) is 2.21. The fourth-order valence-corrected chi connectivity index (χ4v) is 3.72. The van der Waals surface area contributed by atoms with Crippen LogP contribution in [-0.4, -0.2) is 46.5 Å². The number of para-hydroxylation sites is 2. The van der Waals surface area contributed by atoms with E-state index in [2.05, 4.69) is 22.0 Å². The molecule has 6 nitrogen and oxygen atoms in total. The first-order valence-corrected chi connectivity index (χ1v) is 9.66. The van der Waals surface area contributed by atoms with Gasteiger partial charge in [-0.25, -0.2) is 4.98 Å². The molecule has 144 valence electrons. The summed E-state index contributed by atoms with van der Waals surface area (Å²) < 4.78 is 1.56. The lowest BCUT2D eigenvalue weighted by Crippen LogP contribution is -2.48. The SMILES string of the molecule is Cn1c(CCC(=O)N2CCN(c3ccccc3)CC2)nc2ccccc2c1=O. The largest absolute Gasteiger partial charge is 0.368 e. The first kappa shape index (κ1) is 18.2. The molecule has 3 aromatic rings. The number of piperazine rings is 1. The van der Waals surface area contributed by atoms with Crippen molar-refractivity contribution in [2.24, 2.45) is 7.05 Å². The third-order valence-corrected chi connectivity index (χ3v) is 5.39. The van der Waals surface area contributed by atoms with E-state index in [0.29, 0.717) is 29.6 Å². The van der Waals surface area contributed by atoms with E-state index >= 15 is 0 Å². The normalized spacial score (nSPS) is 14.5. The van der Waals surface area contributed by atoms with Gasteiger partial charge in [-0.05, 0) is 24.3 Å². The Hall–Kier alpha value is -3.15. The van der Waals surface area contributed by atoms with E-state index < -0.39 is 0 Å². The van der Waals surface area contributed by atoms with Crippen molar-refractivity contribution in [1.29, 1.82) is 0 Å². The topological polar surface area (TPSA) is 58.4 Å². The maximum Gasteiger partial charge on any atom is 0.261 e. The van der Waals surface area contributed by atoms with Crippen molar-refractivity contribution < 1.29 is 4.79 Å². The van der Waals surface area contributed by atoms with Crippen LogP contribution in [0.2, 0.25) is 0 Å². The highest BCUT2D eigenvalue weighted by Gasteiger charge is 2.21. The minimum Gasteiger partial charge on any atom is -0.368 e. The summed E-state index contributed by atoms with van der Waals surface area (Å²) >= 11 is 0. The Kier molecular flexibility index (Phi) is 5.10. The average Bonchev–Trinajstić information content (AvgIpc) is 2.76. The fraction of sp³-hybridized carbons (Fsp3) is 0.318. The molecule has 0 bridgehead atoms. The van der Waals surface area contributed by atoms with Crippen LogP contribution in [0.4, 0.5) is 5.69 Å². The van der Waals surface area contributed by atoms with E-state index in [4.69, 9.17) is 0 Å². The Labute approximate surface area is 164 Å². The second kappa shape index (κ2) is 7.84. The van der Waals surface area contributed by atoms with Gasteiger partial charge in [-0.2, -0.15) is 0 Å². The average molecular weight is 376 g/mol. The predicted molar refractivity (Wildman–Crippen MR) is 111 cm³/mol. The van der Waals surface area contributed by atoms with Gasteiger partial charge in [-0.1, -0.05) is 30.3 Å². The van der Waals surface area contributed by atoms with Crippen LogP contribution in [-0.2, 0) is 18.3 Å². The van der Waals surface area contributed by atoms with Crippen molar-refractivity contribution in [3.63, 3.8) is 0 Å². The van der Waals surface area contributed by atoms with Crippen molar-refractivity contribution in [1.82, 2.24) is 14.5 Å². The van der Waals surface area contributed by atoms with Crippen LogP contribution in [0.25, 0.3) is 10.9 Å². The van der Waals surface area contributed by atoms with Gasteiger partial charge in [0.15, 0.2) is 0 Å². The second-order valence-electron chi connectivity index (χ2n) is 7.11. The number of hydrogen-bond donors (Lipinski definition) is 0. The summed E-state index contributed by atoms with van der Waals surface area (Å²) in [4.78, 5) is 34.0. The zero-order valence-electron chi connectivity index (χ0n) is 16.0. The van der Waals surface area contributed by atoms with Crippen LogP contribution in [0.1, 0.15) is 12.2 Å². The smallest absolute Gasteiger partial charge is 0.261 e. The molecule has 1 fully saturated rings. The maximum absolute atomic E-state index is 12.7. The van der Waals surface area contributed by atoms with Crippen LogP contribution in [0.5, 0.6) is 0 Å². The lowest BCUT2D eigenvalue weighted by molar-refractivity contribution is -0.131. The number of aromatic nitrogens is 2. The summed E-state index contributed by atoms with van der Waals surface area (Å²) in [5.74, 6) is 0.773. The number of amides is 1. The standard InChI is InChI=1S/C22H24N4O2/c1-24-20(23-19-10-6-5-9-18(19)22(24)28)11-12-21(27)26-15-13-25(14-16-26)17-7-3-2-4-8-17/h2-10H,11-16H2,1H3. The van der Waals surface area contributed by atoms with Crippen LogP contribution in [0, 0.1) is 0 Å². The van der Waals surface area contributed by atoms with Crippen molar-refractivity contribution in [3.8, 4) is 0 Å². The number of rotatable bonds is 4. The summed E-state index contributed by atoms with van der Waals surface area (Å²) in [6.45, 7) is 3.11. The second-order valence-corrected chi connectivity index (χ2v) is 7.11. The van der Waals surface area contributed by atoms with Crippen LogP contribution in [0.3, 0.4) is 0 Å². The Balaban J connectivity index is 1.38. The van der Waals surface area contributed by atoms with Gasteiger partial charge in [0.25, 0.3) is 5.56 Å². The molecule has 1 amide bonds. The molecule has 0 N–H and O–H groups in total. The molecule has 1 aliphatic heterocycles. The summed E-state index contributed by atoms with van der Waals surface area (Å²) in [5.41, 5.74) is 1.82. The Morgan fingerprint density at radius 3 is 2.39 bits per heavy atom. The Bertz CT molecular complexity index is 1040. The molecular formula is C22H24N4O2. The van der Waals surface area contributed by atoms with Crippen LogP contribution in [0.15, 0.2) is 59.4 Å². The highest BCUT2D eigenvalue weighted by atomic mass is 16.2. The van der Waals surface area contributed by atoms with E-state index in [-0.39, 0.29) is 11.5 Å². The minimum atomic E-state index is -0.0653. The third-order valence-electron chi connectivity index (χ3n) is 5.39. The number of hydrogen-bond acceptors (Lipinski definition) is 4. The molecule has 2 aromatic carbocycles. The molecule has 1 aromatic heterocycles. The highest BCUT2D eigenvalue weighted by molar-refractivity contribution is 5.78. The van der Waals surface area contributed by atoms with E-state index in [0.717, 1.165) is 26.2 Å². The van der Waals surface area contributed by atoms with Gasteiger partial charge in [-0.15, -0.1) is 0 Å². The third kappa shape index (κ3) is 3.63. The lowest BCUT2D eigenvalue weighted by Gasteiger charge is -2.36. The Morgan fingerprint density at radius 2 is 1.64 bits per heavy atom. The zero-order chi connectivity index (χ0) is 19.5. The number of benzene rings is 2. The molecule has 0 unspecified atom stereocenters. The van der Waals surface area contributed by atoms with Gasteiger partial charge in [0.1, 0.15) is 5.82 Å². The first-order valence-electron chi connectivity index (χ1n) is 9.66. The van der Waals surface area contributed by atoms with E-state index in [1.165, 1.54) is 5.69 Å². The molecular weight excluding hydrogens is 352 g/mol. The van der Waals surface area contributed by atoms with Crippen LogP contribution < -0.4 is 10.5 Å². The molecule has 0 radical (unpaired) electrons. The van der Waals surface area contributed by atoms with E-state index in [1.807, 2.05) is 41.3 Å². The molecule has 6 heteroatoms. The minimum absolute atomic E-state index is 0.0653. The van der Waals surface area contributed by atoms with Crippen molar-refractivity contribution >= 4 is 22.5 Å². The van der Waals surface area contributed by atoms with Gasteiger partial charge in [0, 0.05) is 51.8 Å². The van der Waals surface area contributed by atoms with Gasteiger partial charge in [0.05, 0.1) is 10.9 Å². The molecule has 0 aliphatic carbocycles. The van der Waals surface area contributed by atoms with Crippen LogP contribution >= 0.6 is 0 Å². The van der Waals surface area contributed by atoms with Crippen molar-refractivity contribution in [3.05, 3.63) is 70.8 Å². The van der Waals surface area contributed by atoms with Gasteiger partial charge < -0.3 is 9.80 Å². The summed E-state index contributed by atoms with van der Waals surface area (Å²) in [6, 6.07) is 17.6. The zero-order valence-corrected chi connectivity index (χ0v) is 16.0. The number of fused-ring (bicyclic) bond motifs is 1. The van der Waals surface area contributed by atoms with E-state index in [9.17, 15) is 9.59 Å². The van der Waals surface area contributed by atoms with Crippen molar-refractivity contribution in [2.75, 3.05) is 31.1 Å². The number of carbonyl (C=O) groups excluding carboxylic acids is 1. The molecule has 0 atom stereocenters. The fourth-order valence-electron chi connectivity index (χ4n) is 3.72. The van der Waals surface area contributed by atoms with E-state index in [1.54, 1.807) is 17.7 Å². The molecule has 1 aliphatic rings. The molecule has 4 rings (SSSR count).